The molecule has 0 aliphatic carbocycles. The number of hydrogen-bond donors (Lipinski definition) is 2. The Morgan fingerprint density at radius 1 is 1.42 bits per heavy atom. The van der Waals surface area contributed by atoms with Gasteiger partial charge in [-0.05, 0) is 31.0 Å². The van der Waals surface area contributed by atoms with Crippen LogP contribution in [-0.4, -0.2) is 6.54 Å². The van der Waals surface area contributed by atoms with Gasteiger partial charge in [0.05, 0.1) is 0 Å². The molecular weight excluding hydrogens is 148 g/mol. The van der Waals surface area contributed by atoms with Gasteiger partial charge in [-0.25, -0.2) is 0 Å². The lowest BCUT2D eigenvalue weighted by Crippen LogP contribution is -2.01. The summed E-state index contributed by atoms with van der Waals surface area (Å²) in [6.07, 6.45) is 0. The van der Waals surface area contributed by atoms with E-state index in [4.69, 9.17) is 5.73 Å². The fourth-order valence-corrected chi connectivity index (χ4v) is 1.24. The highest BCUT2D eigenvalue weighted by Crippen LogP contribution is 2.15. The minimum absolute atomic E-state index is 0.618. The zero-order chi connectivity index (χ0) is 8.97. The Morgan fingerprint density at radius 3 is 2.67 bits per heavy atom. The molecule has 0 unspecified atom stereocenters. The van der Waals surface area contributed by atoms with Gasteiger partial charge in [-0.1, -0.05) is 12.1 Å². The van der Waals surface area contributed by atoms with Crippen LogP contribution in [0.15, 0.2) is 18.2 Å². The molecule has 0 aromatic heterocycles. The fourth-order valence-electron chi connectivity index (χ4n) is 1.24. The van der Waals surface area contributed by atoms with Crippen molar-refractivity contribution in [1.82, 2.24) is 0 Å². The zero-order valence-electron chi connectivity index (χ0n) is 7.72. The molecular formula is C10H16N2. The number of anilines is 1. The number of hydrogen-bond acceptors (Lipinski definition) is 2. The molecule has 2 heteroatoms. The highest BCUT2D eigenvalue weighted by Gasteiger charge is 1.96. The van der Waals surface area contributed by atoms with Gasteiger partial charge in [0.2, 0.25) is 0 Å². The molecule has 0 aliphatic rings. The Morgan fingerprint density at radius 2 is 2.17 bits per heavy atom. The Bertz CT molecular complexity index is 256. The quantitative estimate of drug-likeness (QED) is 0.716. The van der Waals surface area contributed by atoms with Crippen molar-refractivity contribution in [1.29, 1.82) is 0 Å². The molecule has 0 atom stereocenters. The first-order valence-electron chi connectivity index (χ1n) is 4.31. The molecule has 0 spiro atoms. The summed E-state index contributed by atoms with van der Waals surface area (Å²) in [5.74, 6) is 0. The molecule has 1 aromatic rings. The van der Waals surface area contributed by atoms with E-state index < -0.39 is 0 Å². The molecule has 0 aliphatic heterocycles. The fraction of sp³-hybridized carbons (Fsp3) is 0.400. The highest BCUT2D eigenvalue weighted by atomic mass is 14.9. The van der Waals surface area contributed by atoms with Crippen LogP contribution in [0.1, 0.15) is 18.1 Å². The standard InChI is InChI=1S/C10H16N2/c1-3-12-10-5-4-9(7-11)6-8(10)2/h4-6,12H,3,7,11H2,1-2H3. The lowest BCUT2D eigenvalue weighted by Gasteiger charge is -2.08. The van der Waals surface area contributed by atoms with E-state index in [-0.39, 0.29) is 0 Å². The minimum Gasteiger partial charge on any atom is -0.385 e. The van der Waals surface area contributed by atoms with E-state index in [1.165, 1.54) is 16.8 Å². The van der Waals surface area contributed by atoms with E-state index in [0.717, 1.165) is 6.54 Å². The van der Waals surface area contributed by atoms with Gasteiger partial charge >= 0.3 is 0 Å². The Hall–Kier alpha value is -1.02. The number of aryl methyl sites for hydroxylation is 1. The predicted octanol–water partition coefficient (Wildman–Crippen LogP) is 1.89. The summed E-state index contributed by atoms with van der Waals surface area (Å²) in [7, 11) is 0. The van der Waals surface area contributed by atoms with Crippen molar-refractivity contribution in [3.8, 4) is 0 Å². The summed E-state index contributed by atoms with van der Waals surface area (Å²) in [5, 5.41) is 3.29. The van der Waals surface area contributed by atoms with Gasteiger partial charge in [-0.3, -0.25) is 0 Å². The second-order valence-corrected chi connectivity index (χ2v) is 2.88. The van der Waals surface area contributed by atoms with Crippen LogP contribution in [0.5, 0.6) is 0 Å². The summed E-state index contributed by atoms with van der Waals surface area (Å²) in [5.41, 5.74) is 9.18. The third-order valence-corrected chi connectivity index (χ3v) is 1.89. The predicted molar refractivity (Wildman–Crippen MR) is 53.2 cm³/mol. The molecule has 0 fully saturated rings. The second-order valence-electron chi connectivity index (χ2n) is 2.88. The normalized spacial score (nSPS) is 9.92. The molecule has 0 saturated carbocycles. The van der Waals surface area contributed by atoms with Gasteiger partial charge in [0.1, 0.15) is 0 Å². The maximum absolute atomic E-state index is 5.52. The highest BCUT2D eigenvalue weighted by molar-refractivity contribution is 5.51. The van der Waals surface area contributed by atoms with Crippen LogP contribution in [0, 0.1) is 6.92 Å². The van der Waals surface area contributed by atoms with Crippen LogP contribution in [0.4, 0.5) is 5.69 Å². The first-order valence-corrected chi connectivity index (χ1v) is 4.31. The molecule has 0 saturated heterocycles. The average Bonchev–Trinajstić information content (AvgIpc) is 2.09. The molecule has 1 rings (SSSR count). The minimum atomic E-state index is 0.618. The molecule has 66 valence electrons. The number of rotatable bonds is 3. The zero-order valence-corrected chi connectivity index (χ0v) is 7.72. The van der Waals surface area contributed by atoms with E-state index in [1.54, 1.807) is 0 Å². The Balaban J connectivity index is 2.87. The molecule has 1 aromatic carbocycles. The van der Waals surface area contributed by atoms with Gasteiger partial charge in [0.25, 0.3) is 0 Å². The van der Waals surface area contributed by atoms with Crippen molar-refractivity contribution in [3.05, 3.63) is 29.3 Å². The second kappa shape index (κ2) is 4.12. The number of nitrogens with one attached hydrogen (secondary N) is 1. The molecule has 2 nitrogen and oxygen atoms in total. The Labute approximate surface area is 73.8 Å². The Kier molecular flexibility index (Phi) is 3.11. The maximum Gasteiger partial charge on any atom is 0.0369 e. The summed E-state index contributed by atoms with van der Waals surface area (Å²) < 4.78 is 0. The van der Waals surface area contributed by atoms with Crippen molar-refractivity contribution in [2.24, 2.45) is 5.73 Å². The topological polar surface area (TPSA) is 38.0 Å². The summed E-state index contributed by atoms with van der Waals surface area (Å²) >= 11 is 0. The third-order valence-electron chi connectivity index (χ3n) is 1.89. The SMILES string of the molecule is CCNc1ccc(CN)cc1C. The van der Waals surface area contributed by atoms with Gasteiger partial charge in [-0.2, -0.15) is 0 Å². The first kappa shape index (κ1) is 9.07. The van der Waals surface area contributed by atoms with E-state index >= 15 is 0 Å². The largest absolute Gasteiger partial charge is 0.385 e. The summed E-state index contributed by atoms with van der Waals surface area (Å²) in [6.45, 7) is 5.77. The van der Waals surface area contributed by atoms with E-state index in [2.05, 4.69) is 37.4 Å². The van der Waals surface area contributed by atoms with E-state index in [0.29, 0.717) is 6.54 Å². The molecule has 0 heterocycles. The first-order chi connectivity index (χ1) is 5.77. The maximum atomic E-state index is 5.52. The van der Waals surface area contributed by atoms with Gasteiger partial charge < -0.3 is 11.1 Å². The van der Waals surface area contributed by atoms with Crippen molar-refractivity contribution >= 4 is 5.69 Å². The van der Waals surface area contributed by atoms with Crippen LogP contribution < -0.4 is 11.1 Å². The lowest BCUT2D eigenvalue weighted by atomic mass is 10.1. The van der Waals surface area contributed by atoms with Gasteiger partial charge in [0.15, 0.2) is 0 Å². The molecule has 0 radical (unpaired) electrons. The van der Waals surface area contributed by atoms with Crippen molar-refractivity contribution in [2.75, 3.05) is 11.9 Å². The third kappa shape index (κ3) is 1.98. The van der Waals surface area contributed by atoms with E-state index in [1.807, 2.05) is 0 Å². The van der Waals surface area contributed by atoms with Crippen LogP contribution in [-0.2, 0) is 6.54 Å². The summed E-state index contributed by atoms with van der Waals surface area (Å²) in [6, 6.07) is 6.27. The van der Waals surface area contributed by atoms with Crippen LogP contribution in [0.3, 0.4) is 0 Å². The smallest absolute Gasteiger partial charge is 0.0369 e. The van der Waals surface area contributed by atoms with Crippen molar-refractivity contribution in [3.63, 3.8) is 0 Å². The van der Waals surface area contributed by atoms with Crippen molar-refractivity contribution in [2.45, 2.75) is 20.4 Å². The monoisotopic (exact) mass is 164 g/mol. The van der Waals surface area contributed by atoms with Crippen LogP contribution in [0.2, 0.25) is 0 Å². The lowest BCUT2D eigenvalue weighted by molar-refractivity contribution is 1.06. The van der Waals surface area contributed by atoms with Gasteiger partial charge in [0, 0.05) is 18.8 Å². The van der Waals surface area contributed by atoms with E-state index in [9.17, 15) is 0 Å². The number of benzene rings is 1. The molecule has 3 N–H and O–H groups in total. The van der Waals surface area contributed by atoms with Crippen molar-refractivity contribution < 1.29 is 0 Å². The van der Waals surface area contributed by atoms with Crippen LogP contribution >= 0.6 is 0 Å². The number of nitrogens with two attached hydrogens (primary N) is 1. The summed E-state index contributed by atoms with van der Waals surface area (Å²) in [4.78, 5) is 0. The molecule has 0 amide bonds. The average molecular weight is 164 g/mol. The molecule has 12 heavy (non-hydrogen) atoms. The van der Waals surface area contributed by atoms with Crippen LogP contribution in [0.25, 0.3) is 0 Å². The molecule has 0 bridgehead atoms. The van der Waals surface area contributed by atoms with Gasteiger partial charge in [-0.15, -0.1) is 0 Å².